The van der Waals surface area contributed by atoms with Gasteiger partial charge in [0, 0.05) is 29.6 Å². The minimum atomic E-state index is 0.0977. The monoisotopic (exact) mass is 381 g/mol. The van der Waals surface area contributed by atoms with E-state index in [1.54, 1.807) is 13.1 Å². The Kier molecular flexibility index (Phi) is 7.05. The molecule has 0 N–H and O–H groups in total. The van der Waals surface area contributed by atoms with E-state index in [2.05, 4.69) is 30.8 Å². The van der Waals surface area contributed by atoms with E-state index >= 15 is 0 Å². The molecule has 0 saturated heterocycles. The van der Waals surface area contributed by atoms with Gasteiger partial charge >= 0.3 is 0 Å². The fraction of sp³-hybridized carbons (Fsp3) is 0.474. The molecule has 1 aliphatic rings. The van der Waals surface area contributed by atoms with E-state index in [9.17, 15) is 4.79 Å². The van der Waals surface area contributed by atoms with Crippen molar-refractivity contribution in [2.24, 2.45) is 0 Å². The molecule has 0 bridgehead atoms. The summed E-state index contributed by atoms with van der Waals surface area (Å²) in [6.45, 7) is 7.56. The minimum absolute atomic E-state index is 0.0977. The van der Waals surface area contributed by atoms with E-state index in [0.29, 0.717) is 6.04 Å². The number of likely N-dealkylation sites (N-methyl/N-ethyl adjacent to an activating group) is 1. The van der Waals surface area contributed by atoms with Gasteiger partial charge in [0.05, 0.1) is 12.7 Å². The molecule has 136 valence electrons. The molecule has 1 unspecified atom stereocenters. The highest BCUT2D eigenvalue weighted by Crippen LogP contribution is 2.21. The Morgan fingerprint density at radius 3 is 2.72 bits per heavy atom. The lowest BCUT2D eigenvalue weighted by Gasteiger charge is -2.31. The standard InChI is InChI=1S/C10H15N3O.C9H10Cl2/c1-7-5-13-9(8(2)14)4-11-10(13)6-12(7)3;1-2-3-7-6-8(10)4-5-9(7)11/h4,7H,5-6H2,1-3H3;4-6H,2-3H2,1H3. The van der Waals surface area contributed by atoms with E-state index in [-0.39, 0.29) is 5.78 Å². The van der Waals surface area contributed by atoms with Crippen LogP contribution in [0.2, 0.25) is 10.0 Å². The van der Waals surface area contributed by atoms with Crippen LogP contribution in [-0.2, 0) is 19.5 Å². The van der Waals surface area contributed by atoms with Crippen molar-refractivity contribution in [3.8, 4) is 0 Å². The molecule has 25 heavy (non-hydrogen) atoms. The average Bonchev–Trinajstić information content (AvgIpc) is 2.95. The maximum absolute atomic E-state index is 11.3. The zero-order chi connectivity index (χ0) is 18.6. The van der Waals surface area contributed by atoms with Gasteiger partial charge < -0.3 is 4.57 Å². The van der Waals surface area contributed by atoms with E-state index in [1.165, 1.54) is 0 Å². The van der Waals surface area contributed by atoms with Crippen LogP contribution in [0.5, 0.6) is 0 Å². The Balaban J connectivity index is 0.000000186. The summed E-state index contributed by atoms with van der Waals surface area (Å²) in [6, 6.07) is 6.04. The summed E-state index contributed by atoms with van der Waals surface area (Å²) in [6.07, 6.45) is 3.78. The first kappa shape index (κ1) is 20.0. The summed E-state index contributed by atoms with van der Waals surface area (Å²) in [5.74, 6) is 1.09. The highest BCUT2D eigenvalue weighted by Gasteiger charge is 2.23. The average molecular weight is 382 g/mol. The maximum atomic E-state index is 11.3. The van der Waals surface area contributed by atoms with Crippen LogP contribution >= 0.6 is 23.2 Å². The number of rotatable bonds is 3. The third kappa shape index (κ3) is 5.06. The van der Waals surface area contributed by atoms with Crippen molar-refractivity contribution >= 4 is 29.0 Å². The highest BCUT2D eigenvalue weighted by molar-refractivity contribution is 6.33. The van der Waals surface area contributed by atoms with Crippen LogP contribution in [0.25, 0.3) is 0 Å². The van der Waals surface area contributed by atoms with Crippen LogP contribution in [0, 0.1) is 0 Å². The van der Waals surface area contributed by atoms with Gasteiger partial charge in [0.15, 0.2) is 5.78 Å². The first-order chi connectivity index (χ1) is 11.8. The Morgan fingerprint density at radius 1 is 1.36 bits per heavy atom. The lowest BCUT2D eigenvalue weighted by molar-refractivity contribution is 0.0997. The summed E-state index contributed by atoms with van der Waals surface area (Å²) < 4.78 is 2.03. The summed E-state index contributed by atoms with van der Waals surface area (Å²) in [5.41, 5.74) is 1.88. The summed E-state index contributed by atoms with van der Waals surface area (Å²) >= 11 is 11.7. The number of carbonyl (C=O) groups is 1. The van der Waals surface area contributed by atoms with E-state index in [0.717, 1.165) is 53.1 Å². The smallest absolute Gasteiger partial charge is 0.177 e. The minimum Gasteiger partial charge on any atom is -0.323 e. The number of carbonyl (C=O) groups excluding carboxylic acids is 1. The number of benzene rings is 1. The number of halogens is 2. The largest absolute Gasteiger partial charge is 0.323 e. The van der Waals surface area contributed by atoms with Crippen LogP contribution in [0.4, 0.5) is 0 Å². The molecular formula is C19H25Cl2N3O. The molecule has 2 aromatic rings. The van der Waals surface area contributed by atoms with E-state index in [1.807, 2.05) is 22.8 Å². The SMILES string of the molecule is CC(=O)c1cnc2n1CC(C)N(C)C2.CCCc1cc(Cl)ccc1Cl. The zero-order valence-corrected chi connectivity index (χ0v) is 16.7. The van der Waals surface area contributed by atoms with Crippen molar-refractivity contribution in [2.45, 2.75) is 52.7 Å². The summed E-state index contributed by atoms with van der Waals surface area (Å²) in [7, 11) is 2.08. The normalized spacial score (nSPS) is 16.8. The zero-order valence-electron chi connectivity index (χ0n) is 15.2. The molecule has 0 amide bonds. The molecule has 1 atom stereocenters. The molecule has 3 rings (SSSR count). The number of ketones is 1. The molecule has 1 aliphatic heterocycles. The number of fused-ring (bicyclic) bond motifs is 1. The number of aryl methyl sites for hydroxylation is 1. The molecule has 2 heterocycles. The van der Waals surface area contributed by atoms with Crippen LogP contribution in [0.15, 0.2) is 24.4 Å². The molecule has 0 fully saturated rings. The van der Waals surface area contributed by atoms with Gasteiger partial charge in [-0.15, -0.1) is 0 Å². The molecular weight excluding hydrogens is 357 g/mol. The van der Waals surface area contributed by atoms with Gasteiger partial charge in [-0.1, -0.05) is 36.5 Å². The van der Waals surface area contributed by atoms with Crippen LogP contribution in [0.3, 0.4) is 0 Å². The van der Waals surface area contributed by atoms with E-state index in [4.69, 9.17) is 23.2 Å². The molecule has 0 saturated carbocycles. The van der Waals surface area contributed by atoms with Crippen molar-refractivity contribution in [2.75, 3.05) is 7.05 Å². The predicted molar refractivity (Wildman–Crippen MR) is 104 cm³/mol. The van der Waals surface area contributed by atoms with Crippen molar-refractivity contribution < 1.29 is 4.79 Å². The van der Waals surface area contributed by atoms with Gasteiger partial charge in [-0.05, 0) is 44.2 Å². The molecule has 6 heteroatoms. The molecule has 0 aliphatic carbocycles. The molecule has 0 spiro atoms. The predicted octanol–water partition coefficient (Wildman–Crippen LogP) is 4.87. The number of aromatic nitrogens is 2. The van der Waals surface area contributed by atoms with Crippen molar-refractivity contribution in [3.05, 3.63) is 51.5 Å². The lowest BCUT2D eigenvalue weighted by atomic mass is 10.1. The van der Waals surface area contributed by atoms with Gasteiger partial charge in [-0.2, -0.15) is 0 Å². The Bertz CT molecular complexity index is 742. The number of hydrogen-bond donors (Lipinski definition) is 0. The first-order valence-corrected chi connectivity index (χ1v) is 9.28. The summed E-state index contributed by atoms with van der Waals surface area (Å²) in [4.78, 5) is 17.8. The number of Topliss-reactive ketones (excluding diaryl/α,β-unsaturated/α-hetero) is 1. The van der Waals surface area contributed by atoms with Crippen molar-refractivity contribution in [1.82, 2.24) is 14.5 Å². The van der Waals surface area contributed by atoms with Gasteiger partial charge in [-0.3, -0.25) is 9.69 Å². The topological polar surface area (TPSA) is 38.1 Å². The highest BCUT2D eigenvalue weighted by atomic mass is 35.5. The Hall–Kier alpha value is -1.36. The third-order valence-corrected chi connectivity index (χ3v) is 5.02. The second kappa shape index (κ2) is 8.84. The van der Waals surface area contributed by atoms with Crippen LogP contribution in [-0.4, -0.2) is 33.3 Å². The molecule has 1 aromatic carbocycles. The first-order valence-electron chi connectivity index (χ1n) is 8.53. The third-order valence-electron chi connectivity index (χ3n) is 4.42. The fourth-order valence-electron chi connectivity index (χ4n) is 2.81. The van der Waals surface area contributed by atoms with Crippen LogP contribution < -0.4 is 0 Å². The molecule has 4 nitrogen and oxygen atoms in total. The van der Waals surface area contributed by atoms with E-state index < -0.39 is 0 Å². The lowest BCUT2D eigenvalue weighted by Crippen LogP contribution is -2.39. The van der Waals surface area contributed by atoms with Crippen molar-refractivity contribution in [1.29, 1.82) is 0 Å². The second-order valence-corrected chi connectivity index (χ2v) is 7.32. The van der Waals surface area contributed by atoms with Crippen molar-refractivity contribution in [3.63, 3.8) is 0 Å². The molecule has 0 radical (unpaired) electrons. The van der Waals surface area contributed by atoms with Gasteiger partial charge in [0.25, 0.3) is 0 Å². The quantitative estimate of drug-likeness (QED) is 0.712. The van der Waals surface area contributed by atoms with Crippen LogP contribution in [0.1, 0.15) is 49.1 Å². The van der Waals surface area contributed by atoms with Gasteiger partial charge in [0.2, 0.25) is 0 Å². The van der Waals surface area contributed by atoms with Gasteiger partial charge in [0.1, 0.15) is 11.5 Å². The summed E-state index contributed by atoms with van der Waals surface area (Å²) in [5, 5.41) is 1.58. The fourth-order valence-corrected chi connectivity index (χ4v) is 3.22. The Labute approximate surface area is 159 Å². The number of nitrogens with zero attached hydrogens (tertiary/aromatic N) is 3. The Morgan fingerprint density at radius 2 is 2.08 bits per heavy atom. The number of imidazole rings is 1. The number of hydrogen-bond acceptors (Lipinski definition) is 3. The maximum Gasteiger partial charge on any atom is 0.177 e. The molecule has 1 aromatic heterocycles. The second-order valence-electron chi connectivity index (χ2n) is 6.48. The van der Waals surface area contributed by atoms with Gasteiger partial charge in [-0.25, -0.2) is 4.98 Å².